The topological polar surface area (TPSA) is 0 Å². The van der Waals surface area contributed by atoms with E-state index in [0.29, 0.717) is 0 Å². The largest absolute Gasteiger partial charge is 0.0622 e. The molecule has 0 radical (unpaired) electrons. The summed E-state index contributed by atoms with van der Waals surface area (Å²) in [6, 6.07) is 45.9. The van der Waals surface area contributed by atoms with Gasteiger partial charge in [-0.15, -0.1) is 0 Å². The SMILES string of the molecule is c1ccc(P(c2ccccc2)C2CCCC2[C@@H]2CCC[C@@H]2P(c2ccccc2)c2ccccc2)cc1. The Morgan fingerprint density at radius 1 is 0.361 bits per heavy atom. The highest BCUT2D eigenvalue weighted by Crippen LogP contribution is 2.59. The van der Waals surface area contributed by atoms with Crippen LogP contribution in [0.4, 0.5) is 0 Å². The van der Waals surface area contributed by atoms with Crippen molar-refractivity contribution < 1.29 is 0 Å². The molecule has 36 heavy (non-hydrogen) atoms. The Morgan fingerprint density at radius 2 is 0.639 bits per heavy atom. The molecule has 4 atom stereocenters. The maximum Gasteiger partial charge on any atom is -0.00976 e. The predicted molar refractivity (Wildman–Crippen MR) is 160 cm³/mol. The lowest BCUT2D eigenvalue weighted by Gasteiger charge is -2.38. The van der Waals surface area contributed by atoms with Gasteiger partial charge in [0.2, 0.25) is 0 Å². The number of hydrogen-bond acceptors (Lipinski definition) is 0. The molecule has 182 valence electrons. The van der Waals surface area contributed by atoms with Gasteiger partial charge in [-0.05, 0) is 85.9 Å². The van der Waals surface area contributed by atoms with E-state index < -0.39 is 0 Å². The van der Waals surface area contributed by atoms with Crippen molar-refractivity contribution >= 4 is 37.1 Å². The average Bonchev–Trinajstić information content (AvgIpc) is 3.62. The third-order valence-corrected chi connectivity index (χ3v) is 14.4. The van der Waals surface area contributed by atoms with Crippen molar-refractivity contribution in [1.82, 2.24) is 0 Å². The van der Waals surface area contributed by atoms with Gasteiger partial charge in [-0.25, -0.2) is 0 Å². The standard InChI is InChI=1S/C34H36P2/c1-5-15-27(16-6-1)35(28-17-7-2-8-18-28)33-25-13-23-31(33)32-24-14-26-34(32)36(29-19-9-3-10-20-29)30-21-11-4-12-22-30/h1-12,15-22,31-34H,13-14,23-26H2/t31-,32?,33-,34?/m0/s1. The molecule has 0 heterocycles. The zero-order valence-electron chi connectivity index (χ0n) is 21.0. The van der Waals surface area contributed by atoms with Crippen LogP contribution in [0.5, 0.6) is 0 Å². The Hall–Kier alpha value is -2.26. The molecule has 2 aliphatic carbocycles. The molecule has 4 aromatic carbocycles. The van der Waals surface area contributed by atoms with Gasteiger partial charge in [0.15, 0.2) is 0 Å². The molecule has 4 aromatic rings. The maximum absolute atomic E-state index is 2.40. The molecule has 2 fully saturated rings. The first kappa shape index (κ1) is 24.1. The van der Waals surface area contributed by atoms with E-state index >= 15 is 0 Å². The van der Waals surface area contributed by atoms with E-state index in [-0.39, 0.29) is 15.8 Å². The molecule has 0 aliphatic heterocycles. The third-order valence-electron chi connectivity index (χ3n) is 8.41. The van der Waals surface area contributed by atoms with Crippen molar-refractivity contribution in [1.29, 1.82) is 0 Å². The molecule has 0 amide bonds. The second-order valence-corrected chi connectivity index (χ2v) is 15.3. The molecule has 0 aromatic heterocycles. The van der Waals surface area contributed by atoms with Gasteiger partial charge in [0.25, 0.3) is 0 Å². The Balaban J connectivity index is 1.38. The van der Waals surface area contributed by atoms with Crippen molar-refractivity contribution in [3.05, 3.63) is 121 Å². The molecule has 0 nitrogen and oxygen atoms in total. The molecule has 0 spiro atoms. The molecule has 0 bridgehead atoms. The van der Waals surface area contributed by atoms with E-state index in [4.69, 9.17) is 0 Å². The molecule has 2 aliphatic rings. The summed E-state index contributed by atoms with van der Waals surface area (Å²) in [6.07, 6.45) is 8.39. The van der Waals surface area contributed by atoms with Gasteiger partial charge in [-0.1, -0.05) is 134 Å². The zero-order valence-corrected chi connectivity index (χ0v) is 22.8. The summed E-state index contributed by atoms with van der Waals surface area (Å²) in [5.74, 6) is 1.67. The lowest BCUT2D eigenvalue weighted by atomic mass is 9.89. The molecule has 2 heteroatoms. The summed E-state index contributed by atoms with van der Waals surface area (Å²) in [4.78, 5) is 0. The van der Waals surface area contributed by atoms with Crippen molar-refractivity contribution in [2.24, 2.45) is 11.8 Å². The van der Waals surface area contributed by atoms with E-state index in [1.807, 2.05) is 0 Å². The highest BCUT2D eigenvalue weighted by molar-refractivity contribution is 7.74. The van der Waals surface area contributed by atoms with E-state index in [2.05, 4.69) is 121 Å². The second-order valence-electron chi connectivity index (χ2n) is 10.4. The molecular formula is C34H36P2. The van der Waals surface area contributed by atoms with Crippen LogP contribution in [0.25, 0.3) is 0 Å². The molecule has 2 unspecified atom stereocenters. The molecule has 2 saturated carbocycles. The Bertz CT molecular complexity index is 1030. The lowest BCUT2D eigenvalue weighted by molar-refractivity contribution is 0.358. The van der Waals surface area contributed by atoms with Gasteiger partial charge in [-0.2, -0.15) is 0 Å². The van der Waals surface area contributed by atoms with Crippen LogP contribution in [0.1, 0.15) is 38.5 Å². The van der Waals surface area contributed by atoms with Crippen molar-refractivity contribution in [3.63, 3.8) is 0 Å². The van der Waals surface area contributed by atoms with Crippen LogP contribution in [0.2, 0.25) is 0 Å². The third kappa shape index (κ3) is 4.96. The number of benzene rings is 4. The van der Waals surface area contributed by atoms with Crippen LogP contribution in [0, 0.1) is 11.8 Å². The molecular weight excluding hydrogens is 470 g/mol. The summed E-state index contributed by atoms with van der Waals surface area (Å²) in [5.41, 5.74) is 1.58. The number of hydrogen-bond donors (Lipinski definition) is 0. The first-order valence-electron chi connectivity index (χ1n) is 13.7. The van der Waals surface area contributed by atoms with Crippen LogP contribution in [-0.4, -0.2) is 11.3 Å². The van der Waals surface area contributed by atoms with E-state index in [1.165, 1.54) is 38.5 Å². The van der Waals surface area contributed by atoms with Crippen LogP contribution in [-0.2, 0) is 0 Å². The minimum atomic E-state index is -0.347. The highest BCUT2D eigenvalue weighted by atomic mass is 31.1. The summed E-state index contributed by atoms with van der Waals surface area (Å²) in [7, 11) is -0.694. The number of rotatable bonds is 7. The minimum Gasteiger partial charge on any atom is -0.0622 e. The fourth-order valence-corrected chi connectivity index (χ4v) is 13.5. The first-order valence-corrected chi connectivity index (χ1v) is 16.5. The zero-order chi connectivity index (χ0) is 24.2. The quantitative estimate of drug-likeness (QED) is 0.227. The second kappa shape index (κ2) is 11.4. The summed E-state index contributed by atoms with van der Waals surface area (Å²) >= 11 is 0. The van der Waals surface area contributed by atoms with Gasteiger partial charge in [-0.3, -0.25) is 0 Å². The normalized spacial score (nSPS) is 23.9. The summed E-state index contributed by atoms with van der Waals surface area (Å²) < 4.78 is 0. The highest BCUT2D eigenvalue weighted by Gasteiger charge is 2.46. The van der Waals surface area contributed by atoms with E-state index in [9.17, 15) is 0 Å². The molecule has 6 rings (SSSR count). The van der Waals surface area contributed by atoms with Crippen LogP contribution >= 0.6 is 15.8 Å². The van der Waals surface area contributed by atoms with E-state index in [1.54, 1.807) is 21.2 Å². The Morgan fingerprint density at radius 3 is 0.917 bits per heavy atom. The Kier molecular flexibility index (Phi) is 7.65. The molecule has 0 saturated heterocycles. The fourth-order valence-electron chi connectivity index (χ4n) is 7.00. The van der Waals surface area contributed by atoms with Crippen molar-refractivity contribution in [2.45, 2.75) is 49.8 Å². The van der Waals surface area contributed by atoms with Crippen molar-refractivity contribution in [3.8, 4) is 0 Å². The van der Waals surface area contributed by atoms with Crippen LogP contribution in [0.15, 0.2) is 121 Å². The summed E-state index contributed by atoms with van der Waals surface area (Å²) in [6.45, 7) is 0. The Labute approximate surface area is 219 Å². The van der Waals surface area contributed by atoms with Gasteiger partial charge in [0.1, 0.15) is 0 Å². The maximum atomic E-state index is 2.40. The van der Waals surface area contributed by atoms with Crippen molar-refractivity contribution in [2.75, 3.05) is 0 Å². The van der Waals surface area contributed by atoms with Gasteiger partial charge in [0, 0.05) is 0 Å². The average molecular weight is 507 g/mol. The molecule has 0 N–H and O–H groups in total. The van der Waals surface area contributed by atoms with Crippen LogP contribution in [0.3, 0.4) is 0 Å². The van der Waals surface area contributed by atoms with Gasteiger partial charge < -0.3 is 0 Å². The predicted octanol–water partition coefficient (Wildman–Crippen LogP) is 7.59. The van der Waals surface area contributed by atoms with E-state index in [0.717, 1.165) is 23.2 Å². The lowest BCUT2D eigenvalue weighted by Crippen LogP contribution is -2.34. The van der Waals surface area contributed by atoms with Crippen LogP contribution < -0.4 is 21.2 Å². The fraction of sp³-hybridized carbons (Fsp3) is 0.294. The smallest absolute Gasteiger partial charge is 0.00976 e. The monoisotopic (exact) mass is 506 g/mol. The summed E-state index contributed by atoms with van der Waals surface area (Å²) in [5, 5.41) is 6.27. The minimum absolute atomic E-state index is 0.347. The first-order chi connectivity index (χ1) is 17.9. The van der Waals surface area contributed by atoms with Gasteiger partial charge >= 0.3 is 0 Å². The van der Waals surface area contributed by atoms with Gasteiger partial charge in [0.05, 0.1) is 0 Å².